The van der Waals surface area contributed by atoms with E-state index in [1.807, 2.05) is 25.1 Å². The molecule has 70 valence electrons. The van der Waals surface area contributed by atoms with Crippen molar-refractivity contribution in [3.8, 4) is 0 Å². The van der Waals surface area contributed by atoms with E-state index in [0.717, 1.165) is 11.1 Å². The normalized spacial score (nSPS) is 10.0. The molecule has 0 aliphatic heterocycles. The molecule has 0 amide bonds. The summed E-state index contributed by atoms with van der Waals surface area (Å²) >= 11 is 4.09. The van der Waals surface area contributed by atoms with Crippen LogP contribution in [-0.2, 0) is 6.42 Å². The van der Waals surface area contributed by atoms with E-state index >= 15 is 0 Å². The molecule has 0 aliphatic rings. The highest BCUT2D eigenvalue weighted by Gasteiger charge is 2.11. The molecule has 0 aliphatic carbocycles. The van der Waals surface area contributed by atoms with Crippen LogP contribution in [0.25, 0.3) is 0 Å². The van der Waals surface area contributed by atoms with E-state index in [-0.39, 0.29) is 0 Å². The van der Waals surface area contributed by atoms with Gasteiger partial charge in [0.25, 0.3) is 0 Å². The fourth-order valence-corrected chi connectivity index (χ4v) is 1.60. The van der Waals surface area contributed by atoms with Gasteiger partial charge in [-0.3, -0.25) is 0 Å². The van der Waals surface area contributed by atoms with Gasteiger partial charge in [-0.05, 0) is 30.2 Å². The quantitative estimate of drug-likeness (QED) is 0.727. The lowest BCUT2D eigenvalue weighted by Gasteiger charge is -2.06. The van der Waals surface area contributed by atoms with Gasteiger partial charge in [0.1, 0.15) is 0 Å². The van der Waals surface area contributed by atoms with Crippen LogP contribution >= 0.6 is 12.6 Å². The van der Waals surface area contributed by atoms with Gasteiger partial charge in [-0.15, -0.1) is 0 Å². The highest BCUT2D eigenvalue weighted by molar-refractivity contribution is 7.80. The smallest absolute Gasteiger partial charge is 0.336 e. The van der Waals surface area contributed by atoms with Crippen LogP contribution < -0.4 is 0 Å². The largest absolute Gasteiger partial charge is 0.478 e. The van der Waals surface area contributed by atoms with Gasteiger partial charge in [0.2, 0.25) is 0 Å². The fourth-order valence-electron chi connectivity index (χ4n) is 1.36. The van der Waals surface area contributed by atoms with Gasteiger partial charge >= 0.3 is 5.97 Å². The third-order valence-corrected chi connectivity index (χ3v) is 2.18. The Labute approximate surface area is 83.0 Å². The van der Waals surface area contributed by atoms with E-state index in [0.29, 0.717) is 17.7 Å². The number of aryl methyl sites for hydroxylation is 2. The summed E-state index contributed by atoms with van der Waals surface area (Å²) in [4.78, 5) is 10.9. The molecule has 0 atom stereocenters. The maximum absolute atomic E-state index is 10.9. The SMILES string of the molecule is Cc1cccc(CCS)c1C(=O)O. The molecule has 0 saturated carbocycles. The number of carboxylic acid groups (broad SMARTS) is 1. The summed E-state index contributed by atoms with van der Waals surface area (Å²) in [5.74, 6) is -0.182. The second kappa shape index (κ2) is 4.33. The van der Waals surface area contributed by atoms with Crippen LogP contribution in [0.3, 0.4) is 0 Å². The van der Waals surface area contributed by atoms with Crippen LogP contribution in [0, 0.1) is 6.92 Å². The summed E-state index contributed by atoms with van der Waals surface area (Å²) in [7, 11) is 0. The number of thiol groups is 1. The molecule has 1 N–H and O–H groups in total. The second-order valence-corrected chi connectivity index (χ2v) is 3.34. The molecule has 0 aromatic heterocycles. The average molecular weight is 196 g/mol. The lowest BCUT2D eigenvalue weighted by atomic mass is 10.0. The zero-order valence-corrected chi connectivity index (χ0v) is 8.34. The number of benzene rings is 1. The van der Waals surface area contributed by atoms with Gasteiger partial charge in [0.05, 0.1) is 5.56 Å². The van der Waals surface area contributed by atoms with Gasteiger partial charge in [-0.1, -0.05) is 18.2 Å². The Morgan fingerprint density at radius 3 is 2.77 bits per heavy atom. The van der Waals surface area contributed by atoms with E-state index in [2.05, 4.69) is 12.6 Å². The molecule has 0 radical (unpaired) electrons. The molecule has 1 aromatic rings. The van der Waals surface area contributed by atoms with Crippen LogP contribution in [0.15, 0.2) is 18.2 Å². The third-order valence-electron chi connectivity index (χ3n) is 1.95. The molecular weight excluding hydrogens is 184 g/mol. The fraction of sp³-hybridized carbons (Fsp3) is 0.300. The van der Waals surface area contributed by atoms with Crippen molar-refractivity contribution in [2.24, 2.45) is 0 Å². The second-order valence-electron chi connectivity index (χ2n) is 2.89. The van der Waals surface area contributed by atoms with Crippen molar-refractivity contribution in [1.29, 1.82) is 0 Å². The molecule has 13 heavy (non-hydrogen) atoms. The molecule has 0 fully saturated rings. The maximum atomic E-state index is 10.9. The minimum absolute atomic E-state index is 0.427. The van der Waals surface area contributed by atoms with E-state index in [4.69, 9.17) is 5.11 Å². The first-order chi connectivity index (χ1) is 6.16. The lowest BCUT2D eigenvalue weighted by Crippen LogP contribution is -2.05. The Morgan fingerprint density at radius 1 is 1.54 bits per heavy atom. The van der Waals surface area contributed by atoms with E-state index in [1.54, 1.807) is 0 Å². The molecule has 3 heteroatoms. The minimum atomic E-state index is -0.852. The molecular formula is C10H12O2S. The minimum Gasteiger partial charge on any atom is -0.478 e. The molecule has 0 spiro atoms. The molecule has 0 heterocycles. The van der Waals surface area contributed by atoms with Crippen molar-refractivity contribution in [3.63, 3.8) is 0 Å². The van der Waals surface area contributed by atoms with Crippen LogP contribution in [0.2, 0.25) is 0 Å². The van der Waals surface area contributed by atoms with Crippen molar-refractivity contribution < 1.29 is 9.90 Å². The summed E-state index contributed by atoms with van der Waals surface area (Å²) in [5, 5.41) is 8.95. The van der Waals surface area contributed by atoms with Crippen molar-refractivity contribution in [2.75, 3.05) is 5.75 Å². The number of hydrogen-bond donors (Lipinski definition) is 2. The number of hydrogen-bond acceptors (Lipinski definition) is 2. The predicted molar refractivity (Wildman–Crippen MR) is 55.7 cm³/mol. The zero-order chi connectivity index (χ0) is 9.84. The Balaban J connectivity index is 3.17. The van der Waals surface area contributed by atoms with Gasteiger partial charge in [-0.2, -0.15) is 12.6 Å². The topological polar surface area (TPSA) is 37.3 Å². The Morgan fingerprint density at radius 2 is 2.23 bits per heavy atom. The van der Waals surface area contributed by atoms with Gasteiger partial charge in [-0.25, -0.2) is 4.79 Å². The molecule has 0 bridgehead atoms. The standard InChI is InChI=1S/C10H12O2S/c1-7-3-2-4-8(5-6-13)9(7)10(11)12/h2-4,13H,5-6H2,1H3,(H,11,12). The van der Waals surface area contributed by atoms with Crippen LogP contribution in [0.4, 0.5) is 0 Å². The number of carbonyl (C=O) groups is 1. The monoisotopic (exact) mass is 196 g/mol. The molecule has 1 rings (SSSR count). The Kier molecular flexibility index (Phi) is 3.37. The summed E-state index contributed by atoms with van der Waals surface area (Å²) in [6.07, 6.45) is 0.701. The number of carboxylic acids is 1. The van der Waals surface area contributed by atoms with Crippen LogP contribution in [0.1, 0.15) is 21.5 Å². The molecule has 0 saturated heterocycles. The Hall–Kier alpha value is -0.960. The molecule has 1 aromatic carbocycles. The van der Waals surface area contributed by atoms with E-state index < -0.39 is 5.97 Å². The summed E-state index contributed by atoms with van der Waals surface area (Å²) in [5.41, 5.74) is 2.10. The third kappa shape index (κ3) is 2.25. The first kappa shape index (κ1) is 10.1. The average Bonchev–Trinajstić information content (AvgIpc) is 2.04. The summed E-state index contributed by atoms with van der Waals surface area (Å²) < 4.78 is 0. The zero-order valence-electron chi connectivity index (χ0n) is 7.45. The lowest BCUT2D eigenvalue weighted by molar-refractivity contribution is 0.0695. The van der Waals surface area contributed by atoms with Crippen molar-refractivity contribution in [2.45, 2.75) is 13.3 Å². The predicted octanol–water partition coefficient (Wildman–Crippen LogP) is 2.17. The first-order valence-electron chi connectivity index (χ1n) is 4.09. The molecule has 2 nitrogen and oxygen atoms in total. The van der Waals surface area contributed by atoms with Crippen LogP contribution in [-0.4, -0.2) is 16.8 Å². The van der Waals surface area contributed by atoms with E-state index in [1.165, 1.54) is 0 Å². The van der Waals surface area contributed by atoms with Gasteiger partial charge in [0, 0.05) is 0 Å². The number of rotatable bonds is 3. The summed E-state index contributed by atoms with van der Waals surface area (Å²) in [6, 6.07) is 5.53. The highest BCUT2D eigenvalue weighted by Crippen LogP contribution is 2.15. The van der Waals surface area contributed by atoms with Crippen molar-refractivity contribution >= 4 is 18.6 Å². The maximum Gasteiger partial charge on any atom is 0.336 e. The molecule has 0 unspecified atom stereocenters. The van der Waals surface area contributed by atoms with Crippen molar-refractivity contribution in [1.82, 2.24) is 0 Å². The van der Waals surface area contributed by atoms with Crippen molar-refractivity contribution in [3.05, 3.63) is 34.9 Å². The van der Waals surface area contributed by atoms with E-state index in [9.17, 15) is 4.79 Å². The van der Waals surface area contributed by atoms with Gasteiger partial charge < -0.3 is 5.11 Å². The number of aromatic carboxylic acids is 1. The highest BCUT2D eigenvalue weighted by atomic mass is 32.1. The van der Waals surface area contributed by atoms with Crippen LogP contribution in [0.5, 0.6) is 0 Å². The first-order valence-corrected chi connectivity index (χ1v) is 4.72. The summed E-state index contributed by atoms with van der Waals surface area (Å²) in [6.45, 7) is 1.81. The van der Waals surface area contributed by atoms with Gasteiger partial charge in [0.15, 0.2) is 0 Å². The Bertz CT molecular complexity index is 321.